The van der Waals surface area contributed by atoms with E-state index in [9.17, 15) is 15.0 Å². The fourth-order valence-corrected chi connectivity index (χ4v) is 2.53. The molecule has 0 aliphatic rings. The predicted octanol–water partition coefficient (Wildman–Crippen LogP) is 2.89. The lowest BCUT2D eigenvalue weighted by Gasteiger charge is -2.13. The highest BCUT2D eigenvalue weighted by molar-refractivity contribution is 5.92. The van der Waals surface area contributed by atoms with Gasteiger partial charge in [-0.1, -0.05) is 30.3 Å². The minimum absolute atomic E-state index is 0.00216. The van der Waals surface area contributed by atoms with E-state index in [1.165, 1.54) is 20.3 Å². The summed E-state index contributed by atoms with van der Waals surface area (Å²) in [6, 6.07) is 9.85. The van der Waals surface area contributed by atoms with Gasteiger partial charge in [0.2, 0.25) is 11.2 Å². The second-order valence-corrected chi connectivity index (χ2v) is 4.81. The highest BCUT2D eigenvalue weighted by Crippen LogP contribution is 2.43. The molecule has 2 N–H and O–H groups in total. The minimum atomic E-state index is -0.527. The van der Waals surface area contributed by atoms with Crippen LogP contribution in [-0.4, -0.2) is 24.4 Å². The zero-order chi connectivity index (χ0) is 16.6. The van der Waals surface area contributed by atoms with Crippen LogP contribution in [0.1, 0.15) is 0 Å². The lowest BCUT2D eigenvalue weighted by molar-refractivity contribution is 0.328. The van der Waals surface area contributed by atoms with Crippen molar-refractivity contribution in [3.05, 3.63) is 46.6 Å². The van der Waals surface area contributed by atoms with E-state index in [1.807, 2.05) is 0 Å². The summed E-state index contributed by atoms with van der Waals surface area (Å²) < 4.78 is 15.6. The number of hydrogen-bond donors (Lipinski definition) is 2. The molecule has 0 unspecified atom stereocenters. The molecule has 0 spiro atoms. The molecule has 0 radical (unpaired) electrons. The fourth-order valence-electron chi connectivity index (χ4n) is 2.53. The highest BCUT2D eigenvalue weighted by atomic mass is 16.5. The summed E-state index contributed by atoms with van der Waals surface area (Å²) in [7, 11) is 2.70. The maximum atomic E-state index is 12.9. The third-order valence-electron chi connectivity index (χ3n) is 3.53. The standard InChI is InChI=1S/C17H14O6/c1-21-15-10(18)8-11-13(16(15)22-2)14(19)12(17(20)23-11)9-6-4-3-5-7-9/h3-8,18,20H,1-2H3. The molecule has 0 atom stereocenters. The smallest absolute Gasteiger partial charge is 0.294 e. The number of methoxy groups -OCH3 is 2. The molecular formula is C17H14O6. The van der Waals surface area contributed by atoms with Crippen LogP contribution in [0.15, 0.2) is 45.6 Å². The first-order chi connectivity index (χ1) is 11.1. The maximum absolute atomic E-state index is 12.9. The first-order valence-corrected chi connectivity index (χ1v) is 6.77. The van der Waals surface area contributed by atoms with Gasteiger partial charge in [-0.05, 0) is 5.56 Å². The molecular weight excluding hydrogens is 300 g/mol. The molecule has 1 heterocycles. The molecule has 0 bridgehead atoms. The SMILES string of the molecule is COc1c(O)cc2oc(O)c(-c3ccccc3)c(=O)c2c1OC. The van der Waals surface area contributed by atoms with Crippen molar-refractivity contribution in [3.8, 4) is 34.3 Å². The van der Waals surface area contributed by atoms with Gasteiger partial charge in [0.25, 0.3) is 5.95 Å². The van der Waals surface area contributed by atoms with Crippen molar-refractivity contribution in [3.63, 3.8) is 0 Å². The molecule has 0 saturated heterocycles. The summed E-state index contributed by atoms with van der Waals surface area (Å²) in [5.41, 5.74) is 0.0475. The zero-order valence-electron chi connectivity index (χ0n) is 12.5. The van der Waals surface area contributed by atoms with Crippen LogP contribution >= 0.6 is 0 Å². The largest absolute Gasteiger partial charge is 0.504 e. The summed E-state index contributed by atoms with van der Waals surface area (Å²) in [4.78, 5) is 12.9. The van der Waals surface area contributed by atoms with E-state index in [1.54, 1.807) is 30.3 Å². The molecule has 118 valence electrons. The Morgan fingerprint density at radius 2 is 1.65 bits per heavy atom. The Morgan fingerprint density at radius 3 is 2.26 bits per heavy atom. The fraction of sp³-hybridized carbons (Fsp3) is 0.118. The highest BCUT2D eigenvalue weighted by Gasteiger charge is 2.23. The van der Waals surface area contributed by atoms with Crippen molar-refractivity contribution in [2.45, 2.75) is 0 Å². The molecule has 0 aliphatic carbocycles. The average Bonchev–Trinajstić information content (AvgIpc) is 2.54. The molecule has 1 aromatic heterocycles. The predicted molar refractivity (Wildman–Crippen MR) is 84.4 cm³/mol. The van der Waals surface area contributed by atoms with Crippen molar-refractivity contribution in [1.82, 2.24) is 0 Å². The topological polar surface area (TPSA) is 89.1 Å². The first kappa shape index (κ1) is 14.8. The molecule has 0 aliphatic heterocycles. The van der Waals surface area contributed by atoms with E-state index in [-0.39, 0.29) is 33.8 Å². The second-order valence-electron chi connectivity index (χ2n) is 4.81. The summed E-state index contributed by atoms with van der Waals surface area (Å²) in [5.74, 6) is -0.711. The van der Waals surface area contributed by atoms with Crippen LogP contribution in [0.3, 0.4) is 0 Å². The normalized spacial score (nSPS) is 10.7. The van der Waals surface area contributed by atoms with E-state index >= 15 is 0 Å². The van der Waals surface area contributed by atoms with Crippen LogP contribution in [0, 0.1) is 0 Å². The maximum Gasteiger partial charge on any atom is 0.294 e. The van der Waals surface area contributed by atoms with Gasteiger partial charge in [0, 0.05) is 6.07 Å². The van der Waals surface area contributed by atoms with E-state index in [2.05, 4.69) is 0 Å². The van der Waals surface area contributed by atoms with Gasteiger partial charge in [0.1, 0.15) is 16.5 Å². The van der Waals surface area contributed by atoms with Gasteiger partial charge < -0.3 is 24.1 Å². The Labute approximate surface area is 131 Å². The van der Waals surface area contributed by atoms with E-state index < -0.39 is 11.4 Å². The van der Waals surface area contributed by atoms with Crippen molar-refractivity contribution in [1.29, 1.82) is 0 Å². The van der Waals surface area contributed by atoms with Gasteiger partial charge in [-0.15, -0.1) is 0 Å². The molecule has 3 aromatic rings. The molecule has 3 rings (SSSR count). The lowest BCUT2D eigenvalue weighted by atomic mass is 10.0. The van der Waals surface area contributed by atoms with Crippen LogP contribution < -0.4 is 14.9 Å². The Balaban J connectivity index is 2.47. The van der Waals surface area contributed by atoms with Crippen molar-refractivity contribution in [2.24, 2.45) is 0 Å². The number of ether oxygens (including phenoxy) is 2. The molecule has 0 saturated carbocycles. The van der Waals surface area contributed by atoms with Crippen LogP contribution in [0.5, 0.6) is 23.2 Å². The van der Waals surface area contributed by atoms with E-state index in [0.717, 1.165) is 0 Å². The number of hydrogen-bond acceptors (Lipinski definition) is 6. The number of phenols is 1. The zero-order valence-corrected chi connectivity index (χ0v) is 12.5. The molecule has 0 amide bonds. The summed E-state index contributed by atoms with van der Waals surface area (Å²) in [6.45, 7) is 0. The van der Waals surface area contributed by atoms with Gasteiger partial charge in [0.15, 0.2) is 11.5 Å². The summed E-state index contributed by atoms with van der Waals surface area (Å²) in [6.07, 6.45) is 0. The van der Waals surface area contributed by atoms with E-state index in [4.69, 9.17) is 13.9 Å². The Hall–Kier alpha value is -3.15. The average molecular weight is 314 g/mol. The molecule has 0 fully saturated rings. The minimum Gasteiger partial charge on any atom is -0.504 e. The number of aromatic hydroxyl groups is 2. The van der Waals surface area contributed by atoms with Gasteiger partial charge in [-0.3, -0.25) is 4.79 Å². The Kier molecular flexibility index (Phi) is 3.57. The quantitative estimate of drug-likeness (QED) is 0.772. The number of phenolic OH excluding ortho intramolecular Hbond substituents is 1. The number of benzene rings is 2. The molecule has 23 heavy (non-hydrogen) atoms. The Bertz CT molecular complexity index is 927. The molecule has 6 heteroatoms. The van der Waals surface area contributed by atoms with Gasteiger partial charge >= 0.3 is 0 Å². The first-order valence-electron chi connectivity index (χ1n) is 6.77. The number of rotatable bonds is 3. The van der Waals surface area contributed by atoms with Crippen LogP contribution in [0.2, 0.25) is 0 Å². The van der Waals surface area contributed by atoms with Crippen molar-refractivity contribution in [2.75, 3.05) is 14.2 Å². The van der Waals surface area contributed by atoms with Gasteiger partial charge in [-0.2, -0.15) is 0 Å². The van der Waals surface area contributed by atoms with Crippen LogP contribution in [0.4, 0.5) is 0 Å². The summed E-state index contributed by atoms with van der Waals surface area (Å²) >= 11 is 0. The van der Waals surface area contributed by atoms with E-state index in [0.29, 0.717) is 5.56 Å². The second kappa shape index (κ2) is 5.57. The van der Waals surface area contributed by atoms with Crippen LogP contribution in [0.25, 0.3) is 22.1 Å². The lowest BCUT2D eigenvalue weighted by Crippen LogP contribution is -2.08. The van der Waals surface area contributed by atoms with Gasteiger partial charge in [-0.25, -0.2) is 0 Å². The van der Waals surface area contributed by atoms with Crippen molar-refractivity contribution < 1.29 is 24.1 Å². The van der Waals surface area contributed by atoms with Crippen LogP contribution in [-0.2, 0) is 0 Å². The van der Waals surface area contributed by atoms with Gasteiger partial charge in [0.05, 0.1) is 14.2 Å². The number of fused-ring (bicyclic) bond motifs is 1. The summed E-state index contributed by atoms with van der Waals surface area (Å²) in [5, 5.41) is 20.1. The van der Waals surface area contributed by atoms with Crippen molar-refractivity contribution >= 4 is 11.0 Å². The molecule has 2 aromatic carbocycles. The third-order valence-corrected chi connectivity index (χ3v) is 3.53. The monoisotopic (exact) mass is 314 g/mol. The third kappa shape index (κ3) is 2.24. The molecule has 6 nitrogen and oxygen atoms in total. The Morgan fingerprint density at radius 1 is 1.00 bits per heavy atom.